The Hall–Kier alpha value is -3.27. The molecule has 0 saturated carbocycles. The summed E-state index contributed by atoms with van der Waals surface area (Å²) in [7, 11) is 0. The van der Waals surface area contributed by atoms with Crippen LogP contribution in [0.1, 0.15) is 18.4 Å². The molecule has 0 spiro atoms. The lowest BCUT2D eigenvalue weighted by Crippen LogP contribution is -2.36. The van der Waals surface area contributed by atoms with E-state index in [2.05, 4.69) is 30.9 Å². The SMILES string of the molecule is N#Cc1cccnc1OCC1CCN(c2ncnc3cnccc23)CC1. The average molecular weight is 346 g/mol. The zero-order valence-corrected chi connectivity index (χ0v) is 14.2. The number of pyridine rings is 2. The third-order valence-electron chi connectivity index (χ3n) is 4.68. The maximum Gasteiger partial charge on any atom is 0.231 e. The van der Waals surface area contributed by atoms with Gasteiger partial charge in [-0.2, -0.15) is 5.26 Å². The van der Waals surface area contributed by atoms with E-state index in [9.17, 15) is 0 Å². The largest absolute Gasteiger partial charge is 0.476 e. The van der Waals surface area contributed by atoms with Crippen molar-refractivity contribution < 1.29 is 4.74 Å². The second kappa shape index (κ2) is 7.31. The van der Waals surface area contributed by atoms with Crippen LogP contribution in [0.2, 0.25) is 0 Å². The number of rotatable bonds is 4. The number of nitriles is 1. The lowest BCUT2D eigenvalue weighted by Gasteiger charge is -2.33. The smallest absolute Gasteiger partial charge is 0.231 e. The van der Waals surface area contributed by atoms with Crippen molar-refractivity contribution in [3.8, 4) is 11.9 Å². The number of hydrogen-bond donors (Lipinski definition) is 0. The number of hydrogen-bond acceptors (Lipinski definition) is 7. The summed E-state index contributed by atoms with van der Waals surface area (Å²) in [5.74, 6) is 1.83. The number of nitrogens with zero attached hydrogens (tertiary/aromatic N) is 6. The van der Waals surface area contributed by atoms with Crippen LogP contribution >= 0.6 is 0 Å². The van der Waals surface area contributed by atoms with Gasteiger partial charge in [0.25, 0.3) is 0 Å². The standard InChI is InChI=1S/C19H18N6O/c20-10-15-2-1-6-22-19(15)26-12-14-4-8-25(9-5-14)18-16-3-7-21-11-17(16)23-13-24-18/h1-3,6-7,11,13-14H,4-5,8-9,12H2. The summed E-state index contributed by atoms with van der Waals surface area (Å²) in [5, 5.41) is 10.1. The van der Waals surface area contributed by atoms with Gasteiger partial charge in [-0.25, -0.2) is 15.0 Å². The van der Waals surface area contributed by atoms with Crippen LogP contribution in [0, 0.1) is 17.2 Å². The Morgan fingerprint density at radius 2 is 2.04 bits per heavy atom. The number of anilines is 1. The minimum absolute atomic E-state index is 0.423. The summed E-state index contributed by atoms with van der Waals surface area (Å²) in [6, 6.07) is 7.54. The lowest BCUT2D eigenvalue weighted by atomic mass is 9.97. The summed E-state index contributed by atoms with van der Waals surface area (Å²) < 4.78 is 5.79. The van der Waals surface area contributed by atoms with Gasteiger partial charge >= 0.3 is 0 Å². The fraction of sp³-hybridized carbons (Fsp3) is 0.316. The molecule has 26 heavy (non-hydrogen) atoms. The fourth-order valence-corrected chi connectivity index (χ4v) is 3.24. The first-order valence-corrected chi connectivity index (χ1v) is 8.63. The highest BCUT2D eigenvalue weighted by atomic mass is 16.5. The van der Waals surface area contributed by atoms with Gasteiger partial charge in [-0.3, -0.25) is 4.98 Å². The first-order chi connectivity index (χ1) is 12.8. The minimum Gasteiger partial charge on any atom is -0.476 e. The Labute approximate surface area is 151 Å². The first-order valence-electron chi connectivity index (χ1n) is 8.63. The van der Waals surface area contributed by atoms with E-state index >= 15 is 0 Å². The summed E-state index contributed by atoms with van der Waals surface area (Å²) in [6.07, 6.45) is 8.79. The molecule has 3 aromatic heterocycles. The van der Waals surface area contributed by atoms with Crippen LogP contribution in [-0.2, 0) is 0 Å². The first kappa shape index (κ1) is 16.2. The van der Waals surface area contributed by atoms with Gasteiger partial charge in [0, 0.05) is 30.9 Å². The number of fused-ring (bicyclic) bond motifs is 1. The van der Waals surface area contributed by atoms with E-state index < -0.39 is 0 Å². The van der Waals surface area contributed by atoms with Crippen molar-refractivity contribution in [3.05, 3.63) is 48.7 Å². The van der Waals surface area contributed by atoms with E-state index in [0.717, 1.165) is 42.7 Å². The molecule has 130 valence electrons. The van der Waals surface area contributed by atoms with E-state index in [0.29, 0.717) is 24.0 Å². The van der Waals surface area contributed by atoms with Crippen molar-refractivity contribution >= 4 is 16.7 Å². The number of aromatic nitrogens is 4. The van der Waals surface area contributed by atoms with Crippen molar-refractivity contribution in [2.75, 3.05) is 24.6 Å². The Bertz CT molecular complexity index is 941. The van der Waals surface area contributed by atoms with E-state index in [4.69, 9.17) is 10.00 Å². The molecular formula is C19H18N6O. The second-order valence-corrected chi connectivity index (χ2v) is 6.30. The van der Waals surface area contributed by atoms with Crippen molar-refractivity contribution in [3.63, 3.8) is 0 Å². The third-order valence-corrected chi connectivity index (χ3v) is 4.68. The molecule has 0 atom stereocenters. The predicted octanol–water partition coefficient (Wildman–Crippen LogP) is 2.59. The van der Waals surface area contributed by atoms with E-state index in [1.165, 1.54) is 0 Å². The molecule has 3 aromatic rings. The summed E-state index contributed by atoms with van der Waals surface area (Å²) >= 11 is 0. The monoisotopic (exact) mass is 346 g/mol. The molecule has 1 aliphatic heterocycles. The van der Waals surface area contributed by atoms with E-state index in [1.807, 2.05) is 6.07 Å². The van der Waals surface area contributed by atoms with Crippen molar-refractivity contribution in [1.29, 1.82) is 5.26 Å². The number of ether oxygens (including phenoxy) is 1. The molecule has 7 heteroatoms. The van der Waals surface area contributed by atoms with Crippen molar-refractivity contribution in [2.24, 2.45) is 5.92 Å². The quantitative estimate of drug-likeness (QED) is 0.717. The molecule has 1 fully saturated rings. The molecular weight excluding hydrogens is 328 g/mol. The Morgan fingerprint density at radius 3 is 2.88 bits per heavy atom. The molecule has 0 amide bonds. The Kier molecular flexibility index (Phi) is 4.56. The molecule has 0 aliphatic carbocycles. The van der Waals surface area contributed by atoms with Crippen LogP contribution in [0.15, 0.2) is 43.1 Å². The van der Waals surface area contributed by atoms with Crippen LogP contribution in [0.4, 0.5) is 5.82 Å². The van der Waals surface area contributed by atoms with Crippen LogP contribution in [0.3, 0.4) is 0 Å². The van der Waals surface area contributed by atoms with Gasteiger partial charge < -0.3 is 9.64 Å². The van der Waals surface area contributed by atoms with E-state index in [1.54, 1.807) is 37.1 Å². The summed E-state index contributed by atoms with van der Waals surface area (Å²) in [6.45, 7) is 2.40. The van der Waals surface area contributed by atoms with Gasteiger partial charge in [-0.1, -0.05) is 0 Å². The van der Waals surface area contributed by atoms with Gasteiger partial charge in [0.1, 0.15) is 23.8 Å². The molecule has 4 rings (SSSR count). The summed E-state index contributed by atoms with van der Waals surface area (Å²) in [4.78, 5) is 19.3. The zero-order chi connectivity index (χ0) is 17.8. The lowest BCUT2D eigenvalue weighted by molar-refractivity contribution is 0.215. The highest BCUT2D eigenvalue weighted by Crippen LogP contribution is 2.27. The molecule has 1 aliphatic rings. The van der Waals surface area contributed by atoms with Crippen LogP contribution < -0.4 is 9.64 Å². The van der Waals surface area contributed by atoms with Gasteiger partial charge in [-0.05, 0) is 37.0 Å². The second-order valence-electron chi connectivity index (χ2n) is 6.30. The molecule has 0 radical (unpaired) electrons. The molecule has 4 heterocycles. The third kappa shape index (κ3) is 3.26. The van der Waals surface area contributed by atoms with Gasteiger partial charge in [0.2, 0.25) is 5.88 Å². The average Bonchev–Trinajstić information content (AvgIpc) is 2.72. The highest BCUT2D eigenvalue weighted by Gasteiger charge is 2.22. The molecule has 1 saturated heterocycles. The van der Waals surface area contributed by atoms with Crippen LogP contribution in [-0.4, -0.2) is 39.6 Å². The van der Waals surface area contributed by atoms with Gasteiger partial charge in [0.05, 0.1) is 18.3 Å². The molecule has 0 N–H and O–H groups in total. The molecule has 0 aromatic carbocycles. The van der Waals surface area contributed by atoms with Crippen LogP contribution in [0.5, 0.6) is 5.88 Å². The normalized spacial score (nSPS) is 15.0. The zero-order valence-electron chi connectivity index (χ0n) is 14.2. The Morgan fingerprint density at radius 1 is 1.15 bits per heavy atom. The molecule has 7 nitrogen and oxygen atoms in total. The Balaban J connectivity index is 1.39. The minimum atomic E-state index is 0.423. The number of piperidine rings is 1. The van der Waals surface area contributed by atoms with Crippen molar-refractivity contribution in [1.82, 2.24) is 19.9 Å². The fourth-order valence-electron chi connectivity index (χ4n) is 3.24. The topological polar surface area (TPSA) is 87.8 Å². The maximum atomic E-state index is 9.11. The van der Waals surface area contributed by atoms with E-state index in [-0.39, 0.29) is 0 Å². The van der Waals surface area contributed by atoms with Gasteiger partial charge in [0.15, 0.2) is 0 Å². The van der Waals surface area contributed by atoms with Gasteiger partial charge in [-0.15, -0.1) is 0 Å². The summed E-state index contributed by atoms with van der Waals surface area (Å²) in [5.41, 5.74) is 1.34. The van der Waals surface area contributed by atoms with Crippen LogP contribution in [0.25, 0.3) is 10.9 Å². The maximum absolute atomic E-state index is 9.11. The predicted molar refractivity (Wildman–Crippen MR) is 96.7 cm³/mol. The van der Waals surface area contributed by atoms with Crippen molar-refractivity contribution in [2.45, 2.75) is 12.8 Å². The molecule has 0 unspecified atom stereocenters. The highest BCUT2D eigenvalue weighted by molar-refractivity contribution is 5.88. The molecule has 0 bridgehead atoms.